The van der Waals surface area contributed by atoms with Crippen molar-refractivity contribution in [3.05, 3.63) is 95.6 Å². The normalized spacial score (nSPS) is 11.3. The van der Waals surface area contributed by atoms with Gasteiger partial charge in [-0.05, 0) is 67.1 Å². The van der Waals surface area contributed by atoms with Gasteiger partial charge in [0.25, 0.3) is 10.0 Å². The number of esters is 1. The average Bonchev–Trinajstić information content (AvgIpc) is 2.79. The maximum atomic E-state index is 12.5. The van der Waals surface area contributed by atoms with Crippen LogP contribution in [0.3, 0.4) is 0 Å². The van der Waals surface area contributed by atoms with Gasteiger partial charge in [0.15, 0.2) is 5.78 Å². The molecule has 1 N–H and O–H groups in total. The molecule has 0 fully saturated rings. The Morgan fingerprint density at radius 2 is 1.53 bits per heavy atom. The molecule has 0 atom stereocenters. The number of ether oxygens (including phenoxy) is 1. The zero-order valence-corrected chi connectivity index (χ0v) is 18.6. The first-order chi connectivity index (χ1) is 15.3. The number of aryl methyl sites for hydroxylation is 1. The van der Waals surface area contributed by atoms with Crippen molar-refractivity contribution < 1.29 is 22.7 Å². The van der Waals surface area contributed by atoms with E-state index in [0.717, 1.165) is 11.1 Å². The van der Waals surface area contributed by atoms with Crippen LogP contribution in [0.5, 0.6) is 5.75 Å². The summed E-state index contributed by atoms with van der Waals surface area (Å²) in [6.45, 7) is 3.60. The van der Waals surface area contributed by atoms with Crippen LogP contribution < -0.4 is 9.46 Å². The number of benzene rings is 3. The number of carbonyl (C=O) groups is 2. The predicted octanol–water partition coefficient (Wildman–Crippen LogP) is 5.01. The van der Waals surface area contributed by atoms with E-state index >= 15 is 0 Å². The van der Waals surface area contributed by atoms with Crippen molar-refractivity contribution in [1.82, 2.24) is 0 Å². The number of anilines is 1. The SMILES string of the molecule is CCC(=O)Oc1ccc(/C=C/C(=O)c2ccc(NS(=O)(=O)c3ccc(C)cc3)cc2)cc1. The summed E-state index contributed by atoms with van der Waals surface area (Å²) in [5.41, 5.74) is 2.53. The summed E-state index contributed by atoms with van der Waals surface area (Å²) in [6.07, 6.45) is 3.38. The molecule has 0 saturated carbocycles. The van der Waals surface area contributed by atoms with Gasteiger partial charge in [0.05, 0.1) is 4.90 Å². The molecule has 0 saturated heterocycles. The van der Waals surface area contributed by atoms with Crippen molar-refractivity contribution in [3.63, 3.8) is 0 Å². The van der Waals surface area contributed by atoms with Gasteiger partial charge in [-0.25, -0.2) is 8.42 Å². The molecule has 0 aliphatic rings. The highest BCUT2D eigenvalue weighted by atomic mass is 32.2. The standard InChI is InChI=1S/C25H23NO5S/c1-3-25(28)31-22-13-6-19(7-14-22)8-17-24(27)20-9-11-21(12-10-20)26-32(29,30)23-15-4-18(2)5-16-23/h4-17,26H,3H2,1-2H3/b17-8+. The zero-order valence-electron chi connectivity index (χ0n) is 17.7. The van der Waals surface area contributed by atoms with Crippen LogP contribution in [0.25, 0.3) is 6.08 Å². The minimum Gasteiger partial charge on any atom is -0.427 e. The van der Waals surface area contributed by atoms with Gasteiger partial charge in [0.2, 0.25) is 0 Å². The second-order valence-electron chi connectivity index (χ2n) is 7.09. The fraction of sp³-hybridized carbons (Fsp3) is 0.120. The molecule has 3 aromatic carbocycles. The molecule has 3 aromatic rings. The van der Waals surface area contributed by atoms with Crippen LogP contribution in [0.4, 0.5) is 5.69 Å². The number of hydrogen-bond donors (Lipinski definition) is 1. The summed E-state index contributed by atoms with van der Waals surface area (Å²) < 4.78 is 32.6. The van der Waals surface area contributed by atoms with Gasteiger partial charge in [-0.1, -0.05) is 42.8 Å². The highest BCUT2D eigenvalue weighted by Gasteiger charge is 2.14. The van der Waals surface area contributed by atoms with Crippen molar-refractivity contribution in [2.45, 2.75) is 25.2 Å². The molecule has 0 heterocycles. The molecular formula is C25H23NO5S. The van der Waals surface area contributed by atoms with Gasteiger partial charge in [0, 0.05) is 17.7 Å². The molecule has 32 heavy (non-hydrogen) atoms. The van der Waals surface area contributed by atoms with Crippen molar-refractivity contribution in [1.29, 1.82) is 0 Å². The zero-order chi connectivity index (χ0) is 23.1. The predicted molar refractivity (Wildman–Crippen MR) is 124 cm³/mol. The van der Waals surface area contributed by atoms with Gasteiger partial charge in [-0.15, -0.1) is 0 Å². The van der Waals surface area contributed by atoms with E-state index in [1.165, 1.54) is 6.08 Å². The highest BCUT2D eigenvalue weighted by Crippen LogP contribution is 2.18. The smallest absolute Gasteiger partial charge is 0.310 e. The van der Waals surface area contributed by atoms with Crippen LogP contribution >= 0.6 is 0 Å². The Balaban J connectivity index is 1.63. The molecule has 0 spiro atoms. The molecule has 0 radical (unpaired) electrons. The molecule has 0 aliphatic carbocycles. The molecule has 164 valence electrons. The molecule has 7 heteroatoms. The molecule has 3 rings (SSSR count). The summed E-state index contributed by atoms with van der Waals surface area (Å²) in [5.74, 6) is -0.0866. The molecule has 0 amide bonds. The van der Waals surface area contributed by atoms with Crippen LogP contribution in [0.15, 0.2) is 83.8 Å². The van der Waals surface area contributed by atoms with E-state index in [-0.39, 0.29) is 16.6 Å². The highest BCUT2D eigenvalue weighted by molar-refractivity contribution is 7.92. The Morgan fingerprint density at radius 3 is 2.12 bits per heavy atom. The second-order valence-corrected chi connectivity index (χ2v) is 8.77. The van der Waals surface area contributed by atoms with Gasteiger partial charge in [0.1, 0.15) is 5.75 Å². The van der Waals surface area contributed by atoms with Crippen molar-refractivity contribution in [3.8, 4) is 5.75 Å². The maximum Gasteiger partial charge on any atom is 0.310 e. The molecular weight excluding hydrogens is 426 g/mol. The fourth-order valence-corrected chi connectivity index (χ4v) is 3.81. The summed E-state index contributed by atoms with van der Waals surface area (Å²) in [7, 11) is -3.70. The van der Waals surface area contributed by atoms with E-state index in [2.05, 4.69) is 4.72 Å². The maximum absolute atomic E-state index is 12.5. The first-order valence-corrected chi connectivity index (χ1v) is 11.5. The third kappa shape index (κ3) is 6.15. The lowest BCUT2D eigenvalue weighted by Gasteiger charge is -2.08. The lowest BCUT2D eigenvalue weighted by molar-refractivity contribution is -0.134. The molecule has 0 aromatic heterocycles. The third-order valence-electron chi connectivity index (χ3n) is 4.58. The van der Waals surface area contributed by atoms with E-state index in [1.54, 1.807) is 85.8 Å². The number of rotatable bonds is 8. The minimum absolute atomic E-state index is 0.168. The van der Waals surface area contributed by atoms with Crippen LogP contribution in [-0.4, -0.2) is 20.2 Å². The van der Waals surface area contributed by atoms with Crippen molar-refractivity contribution in [2.24, 2.45) is 0 Å². The summed E-state index contributed by atoms with van der Waals surface area (Å²) in [4.78, 5) is 23.9. The van der Waals surface area contributed by atoms with E-state index in [0.29, 0.717) is 23.4 Å². The molecule has 6 nitrogen and oxygen atoms in total. The van der Waals surface area contributed by atoms with E-state index in [9.17, 15) is 18.0 Å². The molecule has 0 bridgehead atoms. The first-order valence-electron chi connectivity index (χ1n) is 9.99. The van der Waals surface area contributed by atoms with Gasteiger partial charge >= 0.3 is 5.97 Å². The summed E-state index contributed by atoms with van der Waals surface area (Å²) in [5, 5.41) is 0. The van der Waals surface area contributed by atoms with Crippen LogP contribution in [0.2, 0.25) is 0 Å². The summed E-state index contributed by atoms with van der Waals surface area (Å²) >= 11 is 0. The number of hydrogen-bond acceptors (Lipinski definition) is 5. The first kappa shape index (κ1) is 23.0. The largest absolute Gasteiger partial charge is 0.427 e. The Hall–Kier alpha value is -3.71. The Bertz CT molecular complexity index is 1230. The Kier molecular flexibility index (Phi) is 7.22. The number of nitrogens with one attached hydrogen (secondary N) is 1. The molecule has 0 unspecified atom stereocenters. The van der Waals surface area contributed by atoms with E-state index in [1.807, 2.05) is 6.92 Å². The number of sulfonamides is 1. The number of allylic oxidation sites excluding steroid dienone is 1. The second kappa shape index (κ2) is 10.1. The Morgan fingerprint density at radius 1 is 0.906 bits per heavy atom. The average molecular weight is 450 g/mol. The Labute approximate surface area is 187 Å². The van der Waals surface area contributed by atoms with E-state index < -0.39 is 10.0 Å². The monoisotopic (exact) mass is 449 g/mol. The quantitative estimate of drug-likeness (QED) is 0.226. The van der Waals surface area contributed by atoms with Crippen molar-refractivity contribution in [2.75, 3.05) is 4.72 Å². The number of carbonyl (C=O) groups excluding carboxylic acids is 2. The van der Waals surface area contributed by atoms with Crippen LogP contribution in [-0.2, 0) is 14.8 Å². The minimum atomic E-state index is -3.70. The third-order valence-corrected chi connectivity index (χ3v) is 5.98. The topological polar surface area (TPSA) is 89.5 Å². The van der Waals surface area contributed by atoms with E-state index in [4.69, 9.17) is 4.74 Å². The molecule has 0 aliphatic heterocycles. The van der Waals surface area contributed by atoms with Gasteiger partial charge in [-0.2, -0.15) is 0 Å². The number of ketones is 1. The summed E-state index contributed by atoms with van der Waals surface area (Å²) in [6, 6.07) is 19.6. The van der Waals surface area contributed by atoms with Gasteiger partial charge < -0.3 is 4.74 Å². The van der Waals surface area contributed by atoms with Gasteiger partial charge in [-0.3, -0.25) is 14.3 Å². The van der Waals surface area contributed by atoms with Crippen LogP contribution in [0, 0.1) is 6.92 Å². The fourth-order valence-electron chi connectivity index (χ4n) is 2.75. The lowest BCUT2D eigenvalue weighted by atomic mass is 10.1. The lowest BCUT2D eigenvalue weighted by Crippen LogP contribution is -2.13. The van der Waals surface area contributed by atoms with Crippen LogP contribution in [0.1, 0.15) is 34.8 Å². The van der Waals surface area contributed by atoms with Crippen molar-refractivity contribution >= 4 is 33.5 Å².